The molecule has 3 aliphatic rings. The van der Waals surface area contributed by atoms with Gasteiger partial charge in [0, 0.05) is 41.9 Å². The van der Waals surface area contributed by atoms with E-state index in [0.29, 0.717) is 66.6 Å². The first-order valence-electron chi connectivity index (χ1n) is 14.7. The Morgan fingerprint density at radius 1 is 1.14 bits per heavy atom. The van der Waals surface area contributed by atoms with E-state index in [2.05, 4.69) is 0 Å². The van der Waals surface area contributed by atoms with Crippen molar-refractivity contribution in [1.82, 2.24) is 9.80 Å². The van der Waals surface area contributed by atoms with E-state index in [4.69, 9.17) is 30.5 Å². The third-order valence-corrected chi connectivity index (χ3v) is 9.53. The maximum Gasteiger partial charge on any atom is 0.312 e. The van der Waals surface area contributed by atoms with Crippen molar-refractivity contribution in [3.63, 3.8) is 0 Å². The van der Waals surface area contributed by atoms with Gasteiger partial charge in [0.15, 0.2) is 0 Å². The van der Waals surface area contributed by atoms with Gasteiger partial charge in [-0.25, -0.2) is 0 Å². The van der Waals surface area contributed by atoms with Gasteiger partial charge in [-0.2, -0.15) is 0 Å². The van der Waals surface area contributed by atoms with Gasteiger partial charge in [0.1, 0.15) is 30.5 Å². The van der Waals surface area contributed by atoms with Crippen LogP contribution in [0.2, 0.25) is 5.02 Å². The molecule has 3 atom stereocenters. The Bertz CT molecular complexity index is 1380. The molecule has 11 heteroatoms. The van der Waals surface area contributed by atoms with Gasteiger partial charge in [-0.3, -0.25) is 14.4 Å². The monoisotopic (exact) mass is 614 g/mol. The number of rotatable bonds is 8. The Morgan fingerprint density at radius 2 is 1.95 bits per heavy atom. The first-order valence-corrected chi connectivity index (χ1v) is 15.1. The van der Waals surface area contributed by atoms with E-state index in [9.17, 15) is 19.5 Å². The second-order valence-electron chi connectivity index (χ2n) is 11.6. The van der Waals surface area contributed by atoms with Crippen molar-refractivity contribution in [3.05, 3.63) is 52.0 Å². The summed E-state index contributed by atoms with van der Waals surface area (Å²) in [6.45, 7) is 3.11. The first-order chi connectivity index (χ1) is 20.7. The molecule has 2 aliphatic heterocycles. The molecule has 2 fully saturated rings. The van der Waals surface area contributed by atoms with Crippen LogP contribution in [0.15, 0.2) is 30.3 Å². The summed E-state index contributed by atoms with van der Waals surface area (Å²) < 4.78 is 21.9. The third kappa shape index (κ3) is 6.13. The molecule has 2 aromatic carbocycles. The van der Waals surface area contributed by atoms with Crippen molar-refractivity contribution in [2.24, 2.45) is 11.3 Å². The number of aromatic hydroxyl groups is 1. The van der Waals surface area contributed by atoms with E-state index in [0.717, 1.165) is 18.4 Å². The van der Waals surface area contributed by atoms with Crippen molar-refractivity contribution in [2.75, 3.05) is 47.1 Å². The summed E-state index contributed by atoms with van der Waals surface area (Å²) in [5.41, 5.74) is 0.966. The number of phenolic OH excluding ortho intramolecular Hbond substituents is 1. The first kappa shape index (κ1) is 30.9. The highest BCUT2D eigenvalue weighted by Gasteiger charge is 2.50. The van der Waals surface area contributed by atoms with E-state index < -0.39 is 23.3 Å². The quantitative estimate of drug-likeness (QED) is 0.438. The number of ether oxygens (including phenoxy) is 4. The van der Waals surface area contributed by atoms with Crippen molar-refractivity contribution in [2.45, 2.75) is 51.7 Å². The van der Waals surface area contributed by atoms with E-state index in [1.54, 1.807) is 48.3 Å². The number of halogens is 1. The van der Waals surface area contributed by atoms with Gasteiger partial charge in [0.05, 0.1) is 38.2 Å². The van der Waals surface area contributed by atoms with Gasteiger partial charge < -0.3 is 33.9 Å². The number of hydrogen-bond donors (Lipinski definition) is 1. The second-order valence-corrected chi connectivity index (χ2v) is 12.0. The fourth-order valence-corrected chi connectivity index (χ4v) is 6.91. The van der Waals surface area contributed by atoms with E-state index in [1.807, 2.05) is 6.92 Å². The Kier molecular flexibility index (Phi) is 9.36. The number of fused-ring (bicyclic) bond motifs is 1. The van der Waals surface area contributed by atoms with Gasteiger partial charge in [-0.1, -0.05) is 24.4 Å². The lowest BCUT2D eigenvalue weighted by molar-refractivity contribution is -0.169. The number of morpholine rings is 1. The molecule has 0 unspecified atom stereocenters. The lowest BCUT2D eigenvalue weighted by Crippen LogP contribution is -2.54. The van der Waals surface area contributed by atoms with Crippen molar-refractivity contribution in [3.8, 4) is 17.2 Å². The molecule has 2 heterocycles. The molecule has 0 bridgehead atoms. The normalized spacial score (nSPS) is 23.9. The number of phenols is 1. The van der Waals surface area contributed by atoms with Crippen LogP contribution in [0.5, 0.6) is 17.2 Å². The van der Waals surface area contributed by atoms with Crippen LogP contribution in [0.3, 0.4) is 0 Å². The zero-order valence-electron chi connectivity index (χ0n) is 24.9. The number of carbonyl (C=O) groups excluding carboxylic acids is 3. The van der Waals surface area contributed by atoms with Gasteiger partial charge in [0.2, 0.25) is 11.8 Å². The number of hydrogen-bond acceptors (Lipinski definition) is 8. The molecular weight excluding hydrogens is 576 g/mol. The summed E-state index contributed by atoms with van der Waals surface area (Å²) in [7, 11) is 3.11. The van der Waals surface area contributed by atoms with Gasteiger partial charge in [0.25, 0.3) is 0 Å². The minimum atomic E-state index is -1.05. The van der Waals surface area contributed by atoms with Gasteiger partial charge >= 0.3 is 5.97 Å². The molecule has 0 radical (unpaired) electrons. The number of nitrogens with zero attached hydrogens (tertiary/aromatic N) is 2. The Morgan fingerprint density at radius 3 is 2.70 bits per heavy atom. The average molecular weight is 615 g/mol. The van der Waals surface area contributed by atoms with Crippen LogP contribution in [0.4, 0.5) is 0 Å². The molecule has 232 valence electrons. The molecule has 0 spiro atoms. The Labute approximate surface area is 256 Å². The molecular formula is C32H39ClN2O8. The van der Waals surface area contributed by atoms with Gasteiger partial charge in [-0.15, -0.1) is 0 Å². The standard InChI is InChI=1S/C32H39ClN2O8/c1-32(31(39)43-18-20-7-8-21(40-2)16-27(20)41-3)12-5-4-6-23(32)30(38)35-13-11-22-24(33)9-10-26(36)29(22)25(35)17-34-14-15-42-19-28(34)37/h7-10,16,23,25,36H,4-6,11-15,17-19H2,1-3H3/t23-,25+,32-/m0/s1. The summed E-state index contributed by atoms with van der Waals surface area (Å²) in [6.07, 6.45) is 3.10. The molecule has 1 aliphatic carbocycles. The molecule has 0 aromatic heterocycles. The predicted molar refractivity (Wildman–Crippen MR) is 158 cm³/mol. The van der Waals surface area contributed by atoms with Crippen LogP contribution in [0, 0.1) is 11.3 Å². The van der Waals surface area contributed by atoms with Crippen LogP contribution in [0.25, 0.3) is 0 Å². The lowest BCUT2D eigenvalue weighted by Gasteiger charge is -2.46. The molecule has 43 heavy (non-hydrogen) atoms. The predicted octanol–water partition coefficient (Wildman–Crippen LogP) is 4.29. The third-order valence-electron chi connectivity index (χ3n) is 9.17. The minimum Gasteiger partial charge on any atom is -0.508 e. The molecule has 2 amide bonds. The zero-order chi connectivity index (χ0) is 30.7. The molecule has 5 rings (SSSR count). The zero-order valence-corrected chi connectivity index (χ0v) is 25.7. The van der Waals surface area contributed by atoms with Crippen molar-refractivity contribution >= 4 is 29.4 Å². The fourth-order valence-electron chi connectivity index (χ4n) is 6.65. The smallest absolute Gasteiger partial charge is 0.312 e. The van der Waals surface area contributed by atoms with Crippen LogP contribution in [-0.2, 0) is 36.9 Å². The number of amides is 2. The summed E-state index contributed by atoms with van der Waals surface area (Å²) in [5, 5.41) is 11.5. The van der Waals surface area contributed by atoms with Crippen LogP contribution < -0.4 is 9.47 Å². The van der Waals surface area contributed by atoms with Crippen LogP contribution >= 0.6 is 11.6 Å². The highest BCUT2D eigenvalue weighted by molar-refractivity contribution is 6.31. The molecule has 1 saturated carbocycles. The number of benzene rings is 2. The maximum atomic E-state index is 14.5. The fraction of sp³-hybridized carbons (Fsp3) is 0.531. The summed E-state index contributed by atoms with van der Waals surface area (Å²) >= 11 is 6.55. The highest BCUT2D eigenvalue weighted by Crippen LogP contribution is 2.47. The van der Waals surface area contributed by atoms with Gasteiger partial charge in [-0.05, 0) is 56.0 Å². The summed E-state index contributed by atoms with van der Waals surface area (Å²) in [4.78, 5) is 44.4. The van der Waals surface area contributed by atoms with Crippen LogP contribution in [0.1, 0.15) is 55.3 Å². The topological polar surface area (TPSA) is 115 Å². The van der Waals surface area contributed by atoms with Crippen molar-refractivity contribution in [1.29, 1.82) is 0 Å². The number of esters is 1. The SMILES string of the molecule is COc1ccc(COC(=O)[C@@]2(C)CCCC[C@H]2C(=O)N2CCc3c(Cl)ccc(O)c3[C@H]2CN2CCOCC2=O)c(OC)c1. The summed E-state index contributed by atoms with van der Waals surface area (Å²) in [6, 6.07) is 7.84. The summed E-state index contributed by atoms with van der Waals surface area (Å²) in [5.74, 6) is -0.227. The highest BCUT2D eigenvalue weighted by atomic mass is 35.5. The van der Waals surface area contributed by atoms with E-state index in [1.165, 1.54) is 6.07 Å². The Hall–Kier alpha value is -3.50. The largest absolute Gasteiger partial charge is 0.508 e. The Balaban J connectivity index is 1.41. The molecule has 1 saturated heterocycles. The lowest BCUT2D eigenvalue weighted by atomic mass is 9.66. The maximum absolute atomic E-state index is 14.5. The van der Waals surface area contributed by atoms with Crippen molar-refractivity contribution < 1.29 is 38.4 Å². The molecule has 2 aromatic rings. The van der Waals surface area contributed by atoms with E-state index >= 15 is 0 Å². The van der Waals surface area contributed by atoms with E-state index in [-0.39, 0.29) is 37.3 Å². The number of carbonyl (C=O) groups is 3. The average Bonchev–Trinajstić information content (AvgIpc) is 3.02. The second kappa shape index (κ2) is 13.0. The molecule has 10 nitrogen and oxygen atoms in total. The molecule has 1 N–H and O–H groups in total. The number of methoxy groups -OCH3 is 2. The minimum absolute atomic E-state index is 0.00622. The van der Waals surface area contributed by atoms with Crippen LogP contribution in [-0.4, -0.2) is 79.8 Å².